The summed E-state index contributed by atoms with van der Waals surface area (Å²) < 4.78 is 10.8. The highest BCUT2D eigenvalue weighted by Gasteiger charge is 2.18. The molecule has 1 aromatic carbocycles. The molecule has 1 heterocycles. The highest BCUT2D eigenvalue weighted by atomic mass is 32.1. The van der Waals surface area contributed by atoms with Gasteiger partial charge in [-0.3, -0.25) is 0 Å². The van der Waals surface area contributed by atoms with E-state index in [4.69, 9.17) is 9.47 Å². The molecule has 0 aliphatic heterocycles. The zero-order valence-electron chi connectivity index (χ0n) is 12.1. The third kappa shape index (κ3) is 2.64. The normalized spacial score (nSPS) is 10.9. The summed E-state index contributed by atoms with van der Waals surface area (Å²) in [6, 6.07) is 5.71. The molecule has 0 atom stereocenters. The Morgan fingerprint density at radius 1 is 1.25 bits per heavy atom. The lowest BCUT2D eigenvalue weighted by atomic mass is 10.1. The fourth-order valence-electron chi connectivity index (χ4n) is 2.10. The van der Waals surface area contributed by atoms with Gasteiger partial charge in [0.05, 0.1) is 37.0 Å². The van der Waals surface area contributed by atoms with Gasteiger partial charge >= 0.3 is 0 Å². The van der Waals surface area contributed by atoms with Crippen LogP contribution in [0.1, 0.15) is 30.3 Å². The van der Waals surface area contributed by atoms with Crippen LogP contribution in [0.25, 0.3) is 10.6 Å². The molecule has 0 bridgehead atoms. The number of para-hydroxylation sites is 1. The number of rotatable bonds is 5. The van der Waals surface area contributed by atoms with Crippen molar-refractivity contribution < 1.29 is 14.6 Å². The maximum Gasteiger partial charge on any atom is 0.170 e. The fraction of sp³-hybridized carbons (Fsp3) is 0.400. The third-order valence-electron chi connectivity index (χ3n) is 3.05. The largest absolute Gasteiger partial charge is 0.493 e. The molecule has 1 N–H and O–H groups in total. The summed E-state index contributed by atoms with van der Waals surface area (Å²) in [6.07, 6.45) is 0. The van der Waals surface area contributed by atoms with Crippen molar-refractivity contribution in [2.24, 2.45) is 0 Å². The summed E-state index contributed by atoms with van der Waals surface area (Å²) in [4.78, 5) is 5.56. The first-order chi connectivity index (χ1) is 9.62. The van der Waals surface area contributed by atoms with E-state index in [2.05, 4.69) is 18.8 Å². The van der Waals surface area contributed by atoms with Crippen LogP contribution in [-0.4, -0.2) is 24.3 Å². The van der Waals surface area contributed by atoms with Crippen LogP contribution in [0.5, 0.6) is 11.5 Å². The summed E-state index contributed by atoms with van der Waals surface area (Å²) in [7, 11) is 3.23. The molecule has 0 unspecified atom stereocenters. The van der Waals surface area contributed by atoms with Crippen molar-refractivity contribution in [1.82, 2.24) is 4.98 Å². The Morgan fingerprint density at radius 3 is 2.50 bits per heavy atom. The minimum Gasteiger partial charge on any atom is -0.493 e. The molecule has 2 aromatic rings. The molecule has 108 valence electrons. The van der Waals surface area contributed by atoms with Gasteiger partial charge in [-0.2, -0.15) is 0 Å². The van der Waals surface area contributed by atoms with Crippen molar-refractivity contribution in [2.75, 3.05) is 14.2 Å². The second-order valence-corrected chi connectivity index (χ2v) is 5.76. The van der Waals surface area contributed by atoms with Gasteiger partial charge in [-0.15, -0.1) is 11.3 Å². The summed E-state index contributed by atoms with van der Waals surface area (Å²) >= 11 is 1.49. The molecule has 2 rings (SSSR count). The molecule has 0 spiro atoms. The average molecular weight is 293 g/mol. The Bertz CT molecular complexity index is 593. The number of hydrogen-bond donors (Lipinski definition) is 1. The number of nitrogens with zero attached hydrogens (tertiary/aromatic N) is 1. The Balaban J connectivity index is 2.57. The number of hydrogen-bond acceptors (Lipinski definition) is 5. The van der Waals surface area contributed by atoms with Crippen molar-refractivity contribution in [1.29, 1.82) is 0 Å². The van der Waals surface area contributed by atoms with E-state index in [1.807, 2.05) is 18.2 Å². The predicted octanol–water partition coefficient (Wildman–Crippen LogP) is 3.44. The molecule has 0 aliphatic carbocycles. The van der Waals surface area contributed by atoms with E-state index in [1.165, 1.54) is 11.3 Å². The minimum atomic E-state index is 0.0114. The van der Waals surface area contributed by atoms with Crippen molar-refractivity contribution >= 4 is 11.3 Å². The topological polar surface area (TPSA) is 51.6 Å². The molecule has 0 fully saturated rings. The molecular formula is C15H19NO3S. The van der Waals surface area contributed by atoms with Crippen LogP contribution in [0.15, 0.2) is 18.2 Å². The SMILES string of the molecule is COc1cccc(-c2nc(C(C)C)c(CO)s2)c1OC. The van der Waals surface area contributed by atoms with E-state index < -0.39 is 0 Å². The number of thiazole rings is 1. The molecule has 4 nitrogen and oxygen atoms in total. The lowest BCUT2D eigenvalue weighted by Gasteiger charge is -2.10. The standard InChI is InChI=1S/C15H19NO3S/c1-9(2)13-12(8-17)20-15(16-13)10-6-5-7-11(18-3)14(10)19-4/h5-7,9,17H,8H2,1-4H3. The van der Waals surface area contributed by atoms with Crippen molar-refractivity contribution in [2.45, 2.75) is 26.4 Å². The van der Waals surface area contributed by atoms with Gasteiger partial charge in [-0.25, -0.2) is 4.98 Å². The van der Waals surface area contributed by atoms with Gasteiger partial charge < -0.3 is 14.6 Å². The quantitative estimate of drug-likeness (QED) is 0.917. The molecule has 0 saturated heterocycles. The van der Waals surface area contributed by atoms with E-state index in [-0.39, 0.29) is 12.5 Å². The van der Waals surface area contributed by atoms with Crippen LogP contribution in [-0.2, 0) is 6.61 Å². The second kappa shape index (κ2) is 6.24. The van der Waals surface area contributed by atoms with Crippen LogP contribution < -0.4 is 9.47 Å². The summed E-state index contributed by atoms with van der Waals surface area (Å²) in [5, 5.41) is 10.3. The van der Waals surface area contributed by atoms with Crippen LogP contribution in [0.3, 0.4) is 0 Å². The zero-order valence-corrected chi connectivity index (χ0v) is 13.0. The Hall–Kier alpha value is -1.59. The lowest BCUT2D eigenvalue weighted by molar-refractivity contribution is 0.283. The molecule has 5 heteroatoms. The first-order valence-electron chi connectivity index (χ1n) is 6.44. The summed E-state index contributed by atoms with van der Waals surface area (Å²) in [5.41, 5.74) is 1.83. The minimum absolute atomic E-state index is 0.0114. The van der Waals surface area contributed by atoms with Gasteiger partial charge in [0, 0.05) is 0 Å². The third-order valence-corrected chi connectivity index (χ3v) is 4.14. The van der Waals surface area contributed by atoms with E-state index in [0.29, 0.717) is 11.5 Å². The van der Waals surface area contributed by atoms with E-state index in [9.17, 15) is 5.11 Å². The van der Waals surface area contributed by atoms with Gasteiger partial charge in [0.2, 0.25) is 0 Å². The maximum atomic E-state index is 9.47. The molecule has 0 aliphatic rings. The molecule has 0 amide bonds. The van der Waals surface area contributed by atoms with Crippen molar-refractivity contribution in [3.8, 4) is 22.1 Å². The average Bonchev–Trinajstić information content (AvgIpc) is 2.90. The summed E-state index contributed by atoms with van der Waals surface area (Å²) in [5.74, 6) is 1.62. The first kappa shape index (κ1) is 14.8. The van der Waals surface area contributed by atoms with Crippen LogP contribution >= 0.6 is 11.3 Å². The number of benzene rings is 1. The van der Waals surface area contributed by atoms with Crippen LogP contribution in [0.4, 0.5) is 0 Å². The van der Waals surface area contributed by atoms with Crippen LogP contribution in [0.2, 0.25) is 0 Å². The van der Waals surface area contributed by atoms with E-state index >= 15 is 0 Å². The fourth-order valence-corrected chi connectivity index (χ4v) is 3.20. The van der Waals surface area contributed by atoms with E-state index in [0.717, 1.165) is 21.1 Å². The number of ether oxygens (including phenoxy) is 2. The first-order valence-corrected chi connectivity index (χ1v) is 7.25. The summed E-state index contributed by atoms with van der Waals surface area (Å²) in [6.45, 7) is 4.15. The van der Waals surface area contributed by atoms with Gasteiger partial charge in [0.25, 0.3) is 0 Å². The van der Waals surface area contributed by atoms with Crippen LogP contribution in [0, 0.1) is 0 Å². The second-order valence-electron chi connectivity index (χ2n) is 4.68. The predicted molar refractivity (Wildman–Crippen MR) is 80.7 cm³/mol. The van der Waals surface area contributed by atoms with E-state index in [1.54, 1.807) is 14.2 Å². The number of aromatic nitrogens is 1. The zero-order chi connectivity index (χ0) is 14.7. The number of methoxy groups -OCH3 is 2. The molecule has 0 radical (unpaired) electrons. The van der Waals surface area contributed by atoms with Crippen molar-refractivity contribution in [3.05, 3.63) is 28.8 Å². The van der Waals surface area contributed by atoms with Gasteiger partial charge in [0.15, 0.2) is 11.5 Å². The lowest BCUT2D eigenvalue weighted by Crippen LogP contribution is -1.94. The van der Waals surface area contributed by atoms with Gasteiger partial charge in [0.1, 0.15) is 5.01 Å². The van der Waals surface area contributed by atoms with Gasteiger partial charge in [-0.1, -0.05) is 19.9 Å². The monoisotopic (exact) mass is 293 g/mol. The number of aliphatic hydroxyl groups is 1. The highest BCUT2D eigenvalue weighted by Crippen LogP contribution is 2.41. The smallest absolute Gasteiger partial charge is 0.170 e. The molecule has 0 saturated carbocycles. The molecule has 1 aromatic heterocycles. The number of aliphatic hydroxyl groups excluding tert-OH is 1. The Kier molecular flexibility index (Phi) is 4.62. The maximum absolute atomic E-state index is 9.47. The Labute approximate surface area is 123 Å². The Morgan fingerprint density at radius 2 is 2.00 bits per heavy atom. The molecule has 20 heavy (non-hydrogen) atoms. The highest BCUT2D eigenvalue weighted by molar-refractivity contribution is 7.15. The molecular weight excluding hydrogens is 274 g/mol. The van der Waals surface area contributed by atoms with Gasteiger partial charge in [-0.05, 0) is 18.1 Å². The van der Waals surface area contributed by atoms with Crippen molar-refractivity contribution in [3.63, 3.8) is 0 Å².